The summed E-state index contributed by atoms with van der Waals surface area (Å²) in [7, 11) is 0. The van der Waals surface area contributed by atoms with E-state index in [-0.39, 0.29) is 5.78 Å². The van der Waals surface area contributed by atoms with Gasteiger partial charge in [0.2, 0.25) is 0 Å². The summed E-state index contributed by atoms with van der Waals surface area (Å²) < 4.78 is 0. The number of rotatable bonds is 1. The lowest BCUT2D eigenvalue weighted by Crippen LogP contribution is -1.91. The van der Waals surface area contributed by atoms with Gasteiger partial charge in [-0.1, -0.05) is 60.7 Å². The molecule has 0 amide bonds. The Morgan fingerprint density at radius 2 is 1.38 bits per heavy atom. The van der Waals surface area contributed by atoms with Gasteiger partial charge in [0.25, 0.3) is 0 Å². The molecular weight excluding hydrogens is 256 g/mol. The molecule has 0 aliphatic rings. The van der Waals surface area contributed by atoms with Crippen molar-refractivity contribution in [1.29, 1.82) is 0 Å². The monoisotopic (exact) mass is 270 g/mol. The molecule has 0 unspecified atom stereocenters. The fourth-order valence-corrected chi connectivity index (χ4v) is 3.05. The highest BCUT2D eigenvalue weighted by molar-refractivity contribution is 6.20. The highest BCUT2D eigenvalue weighted by atomic mass is 16.1. The Kier molecular flexibility index (Phi) is 2.55. The van der Waals surface area contributed by atoms with E-state index in [1.54, 1.807) is 6.92 Å². The van der Waals surface area contributed by atoms with Crippen LogP contribution >= 0.6 is 0 Å². The van der Waals surface area contributed by atoms with E-state index < -0.39 is 0 Å². The zero-order valence-electron chi connectivity index (χ0n) is 11.8. The van der Waals surface area contributed by atoms with Gasteiger partial charge in [-0.15, -0.1) is 0 Å². The molecule has 4 rings (SSSR count). The van der Waals surface area contributed by atoms with Gasteiger partial charge in [-0.3, -0.25) is 4.79 Å². The van der Waals surface area contributed by atoms with Gasteiger partial charge in [0.1, 0.15) is 0 Å². The van der Waals surface area contributed by atoms with Crippen LogP contribution in [0, 0.1) is 0 Å². The molecule has 0 bridgehead atoms. The molecular formula is C20H14O. The lowest BCUT2D eigenvalue weighted by molar-refractivity contribution is 0.101. The molecule has 0 saturated heterocycles. The first-order chi connectivity index (χ1) is 10.2. The summed E-state index contributed by atoms with van der Waals surface area (Å²) in [5.74, 6) is 0.106. The van der Waals surface area contributed by atoms with Crippen molar-refractivity contribution in [3.63, 3.8) is 0 Å². The van der Waals surface area contributed by atoms with Gasteiger partial charge < -0.3 is 0 Å². The molecule has 1 heteroatoms. The van der Waals surface area contributed by atoms with Crippen LogP contribution in [0.4, 0.5) is 0 Å². The Morgan fingerprint density at radius 3 is 2.19 bits per heavy atom. The highest BCUT2D eigenvalue weighted by Gasteiger charge is 2.07. The van der Waals surface area contributed by atoms with E-state index in [9.17, 15) is 4.79 Å². The second kappa shape index (κ2) is 4.42. The summed E-state index contributed by atoms with van der Waals surface area (Å²) in [4.78, 5) is 11.6. The molecule has 0 saturated carbocycles. The van der Waals surface area contributed by atoms with Gasteiger partial charge in [0, 0.05) is 5.56 Å². The van der Waals surface area contributed by atoms with Crippen LogP contribution in [0.25, 0.3) is 32.3 Å². The Morgan fingerprint density at radius 1 is 0.714 bits per heavy atom. The highest BCUT2D eigenvalue weighted by Crippen LogP contribution is 2.32. The number of hydrogen-bond acceptors (Lipinski definition) is 1. The minimum Gasteiger partial charge on any atom is -0.295 e. The second-order valence-corrected chi connectivity index (χ2v) is 5.44. The largest absolute Gasteiger partial charge is 0.295 e. The number of fused-ring (bicyclic) bond motifs is 5. The predicted octanol–water partition coefficient (Wildman–Crippen LogP) is 5.35. The SMILES string of the molecule is CC(=O)c1ccc2c(ccc3ccc4ccccc4c32)c1. The van der Waals surface area contributed by atoms with Gasteiger partial charge >= 0.3 is 0 Å². The lowest BCUT2D eigenvalue weighted by atomic mass is 9.95. The average molecular weight is 270 g/mol. The minimum absolute atomic E-state index is 0.106. The van der Waals surface area contributed by atoms with Gasteiger partial charge in [0.15, 0.2) is 5.78 Å². The van der Waals surface area contributed by atoms with Gasteiger partial charge in [-0.2, -0.15) is 0 Å². The predicted molar refractivity (Wildman–Crippen MR) is 89.0 cm³/mol. The smallest absolute Gasteiger partial charge is 0.159 e. The maximum absolute atomic E-state index is 11.6. The van der Waals surface area contributed by atoms with Crippen LogP contribution in [0.5, 0.6) is 0 Å². The van der Waals surface area contributed by atoms with Crippen LogP contribution in [-0.4, -0.2) is 5.78 Å². The molecule has 0 fully saturated rings. The first-order valence-electron chi connectivity index (χ1n) is 7.09. The molecule has 0 radical (unpaired) electrons. The van der Waals surface area contributed by atoms with Crippen molar-refractivity contribution in [2.75, 3.05) is 0 Å². The van der Waals surface area contributed by atoms with E-state index in [2.05, 4.69) is 54.6 Å². The van der Waals surface area contributed by atoms with E-state index in [0.29, 0.717) is 0 Å². The van der Waals surface area contributed by atoms with Crippen LogP contribution in [0.1, 0.15) is 17.3 Å². The summed E-state index contributed by atoms with van der Waals surface area (Å²) >= 11 is 0. The number of carbonyl (C=O) groups excluding carboxylic acids is 1. The van der Waals surface area contributed by atoms with Crippen molar-refractivity contribution < 1.29 is 4.79 Å². The third-order valence-corrected chi connectivity index (χ3v) is 4.13. The van der Waals surface area contributed by atoms with Gasteiger partial charge in [-0.05, 0) is 45.3 Å². The minimum atomic E-state index is 0.106. The molecule has 0 aromatic heterocycles. The zero-order chi connectivity index (χ0) is 14.4. The number of Topliss-reactive ketones (excluding diaryl/α,β-unsaturated/α-hetero) is 1. The quantitative estimate of drug-likeness (QED) is 0.336. The van der Waals surface area contributed by atoms with Crippen LogP contribution in [0.3, 0.4) is 0 Å². The maximum Gasteiger partial charge on any atom is 0.159 e. The van der Waals surface area contributed by atoms with E-state index in [1.165, 1.54) is 26.9 Å². The number of carbonyl (C=O) groups is 1. The molecule has 0 aliphatic heterocycles. The lowest BCUT2D eigenvalue weighted by Gasteiger charge is -2.09. The zero-order valence-corrected chi connectivity index (χ0v) is 11.8. The van der Waals surface area contributed by atoms with Crippen LogP contribution < -0.4 is 0 Å². The number of hydrogen-bond donors (Lipinski definition) is 0. The standard InChI is InChI=1S/C20H14O/c1-13(21)16-10-11-19-17(12-16)9-8-15-7-6-14-4-2-3-5-18(14)20(15)19/h2-12H,1H3. The fourth-order valence-electron chi connectivity index (χ4n) is 3.05. The van der Waals surface area contributed by atoms with E-state index in [1.807, 2.05) is 12.1 Å². The van der Waals surface area contributed by atoms with Crippen LogP contribution in [-0.2, 0) is 0 Å². The molecule has 100 valence electrons. The van der Waals surface area contributed by atoms with Crippen molar-refractivity contribution in [2.45, 2.75) is 6.92 Å². The van der Waals surface area contributed by atoms with Crippen molar-refractivity contribution in [3.05, 3.63) is 72.3 Å². The Labute approximate surface area is 122 Å². The second-order valence-electron chi connectivity index (χ2n) is 5.44. The summed E-state index contributed by atoms with van der Waals surface area (Å²) in [6.45, 7) is 1.61. The molecule has 0 spiro atoms. The van der Waals surface area contributed by atoms with E-state index in [0.717, 1.165) is 10.9 Å². The first kappa shape index (κ1) is 12.1. The van der Waals surface area contributed by atoms with Crippen molar-refractivity contribution in [3.8, 4) is 0 Å². The Hall–Kier alpha value is -2.67. The Bertz CT molecular complexity index is 1010. The molecule has 0 heterocycles. The third kappa shape index (κ3) is 1.82. The first-order valence-corrected chi connectivity index (χ1v) is 7.09. The van der Waals surface area contributed by atoms with Gasteiger partial charge in [0.05, 0.1) is 0 Å². The summed E-state index contributed by atoms with van der Waals surface area (Å²) in [5.41, 5.74) is 0.766. The molecule has 4 aromatic rings. The topological polar surface area (TPSA) is 17.1 Å². The molecule has 0 atom stereocenters. The number of benzene rings is 4. The van der Waals surface area contributed by atoms with Crippen molar-refractivity contribution in [1.82, 2.24) is 0 Å². The maximum atomic E-state index is 11.6. The van der Waals surface area contributed by atoms with Crippen LogP contribution in [0.15, 0.2) is 66.7 Å². The summed E-state index contributed by atoms with van der Waals surface area (Å²) in [6, 6.07) is 23.0. The van der Waals surface area contributed by atoms with Crippen molar-refractivity contribution >= 4 is 38.1 Å². The molecule has 0 aliphatic carbocycles. The summed E-state index contributed by atoms with van der Waals surface area (Å²) in [6.07, 6.45) is 0. The molecule has 0 N–H and O–H groups in total. The Balaban J connectivity index is 2.21. The summed E-state index contributed by atoms with van der Waals surface area (Å²) in [5, 5.41) is 7.32. The van der Waals surface area contributed by atoms with Gasteiger partial charge in [-0.25, -0.2) is 0 Å². The van der Waals surface area contributed by atoms with Crippen molar-refractivity contribution in [2.24, 2.45) is 0 Å². The van der Waals surface area contributed by atoms with E-state index in [4.69, 9.17) is 0 Å². The number of ketones is 1. The fraction of sp³-hybridized carbons (Fsp3) is 0.0500. The van der Waals surface area contributed by atoms with Crippen LogP contribution in [0.2, 0.25) is 0 Å². The normalized spacial score (nSPS) is 11.3. The van der Waals surface area contributed by atoms with E-state index >= 15 is 0 Å². The average Bonchev–Trinajstić information content (AvgIpc) is 2.53. The third-order valence-electron chi connectivity index (χ3n) is 4.13. The molecule has 4 aromatic carbocycles. The molecule has 21 heavy (non-hydrogen) atoms. The molecule has 1 nitrogen and oxygen atoms in total.